The molecule has 0 radical (unpaired) electrons. The van der Waals surface area contributed by atoms with Gasteiger partial charge in [0.05, 0.1) is 11.4 Å². The third-order valence-electron chi connectivity index (χ3n) is 2.21. The molecule has 1 rings (SSSR count). The van der Waals surface area contributed by atoms with Gasteiger partial charge in [-0.1, -0.05) is 34.8 Å². The van der Waals surface area contributed by atoms with Crippen molar-refractivity contribution in [1.82, 2.24) is 10.3 Å². The van der Waals surface area contributed by atoms with Crippen LogP contribution < -0.4 is 10.1 Å². The van der Waals surface area contributed by atoms with Gasteiger partial charge in [-0.25, -0.2) is 4.79 Å². The molecule has 1 aromatic rings. The van der Waals surface area contributed by atoms with E-state index in [0.29, 0.717) is 0 Å². The SMILES string of the molecule is O=C(O)CC(NC(=O)COc1nc(Cl)c(Cl)cc1Cl)C(=O)O. The second-order valence-electron chi connectivity index (χ2n) is 3.89. The van der Waals surface area contributed by atoms with Gasteiger partial charge in [0.25, 0.3) is 5.91 Å². The number of hydrogen-bond acceptors (Lipinski definition) is 5. The standard InChI is InChI=1S/C11H9Cl3N2O6/c12-4-1-5(13)10(16-9(4)14)22-3-7(17)15-6(11(20)21)2-8(18)19/h1,6H,2-3H2,(H,15,17)(H,18,19)(H,20,21). The summed E-state index contributed by atoms with van der Waals surface area (Å²) in [4.78, 5) is 36.5. The molecule has 0 aromatic carbocycles. The highest BCUT2D eigenvalue weighted by molar-refractivity contribution is 6.42. The van der Waals surface area contributed by atoms with Gasteiger partial charge < -0.3 is 20.3 Å². The minimum absolute atomic E-state index is 0.00233. The number of rotatable bonds is 7. The first kappa shape index (κ1) is 18.3. The lowest BCUT2D eigenvalue weighted by Crippen LogP contribution is -2.44. The lowest BCUT2D eigenvalue weighted by atomic mass is 10.2. The molecule has 120 valence electrons. The smallest absolute Gasteiger partial charge is 0.326 e. The van der Waals surface area contributed by atoms with Crippen LogP contribution in [0.15, 0.2) is 6.07 Å². The Hall–Kier alpha value is -1.77. The summed E-state index contributed by atoms with van der Waals surface area (Å²) in [7, 11) is 0. The van der Waals surface area contributed by atoms with Crippen molar-refractivity contribution < 1.29 is 29.3 Å². The van der Waals surface area contributed by atoms with E-state index in [1.54, 1.807) is 0 Å². The summed E-state index contributed by atoms with van der Waals surface area (Å²) < 4.78 is 4.98. The first-order valence-corrected chi connectivity index (χ1v) is 6.72. The van der Waals surface area contributed by atoms with Gasteiger partial charge in [0.15, 0.2) is 11.8 Å². The van der Waals surface area contributed by atoms with E-state index in [4.69, 9.17) is 49.8 Å². The maximum absolute atomic E-state index is 11.6. The van der Waals surface area contributed by atoms with Gasteiger partial charge in [-0.15, -0.1) is 0 Å². The fourth-order valence-corrected chi connectivity index (χ4v) is 1.82. The monoisotopic (exact) mass is 370 g/mol. The molecule has 1 heterocycles. The fraction of sp³-hybridized carbons (Fsp3) is 0.273. The van der Waals surface area contributed by atoms with Crippen molar-refractivity contribution in [2.75, 3.05) is 6.61 Å². The normalized spacial score (nSPS) is 11.6. The molecule has 0 saturated carbocycles. The van der Waals surface area contributed by atoms with E-state index in [9.17, 15) is 14.4 Å². The average Bonchev–Trinajstić information content (AvgIpc) is 2.40. The molecular formula is C11H9Cl3N2O6. The second-order valence-corrected chi connectivity index (χ2v) is 5.07. The van der Waals surface area contributed by atoms with Crippen LogP contribution in [0.3, 0.4) is 0 Å². The molecule has 0 aliphatic carbocycles. The Labute approximate surface area is 138 Å². The molecule has 1 amide bonds. The number of pyridine rings is 1. The van der Waals surface area contributed by atoms with Gasteiger partial charge in [0, 0.05) is 0 Å². The number of aliphatic carboxylic acids is 2. The molecule has 8 nitrogen and oxygen atoms in total. The summed E-state index contributed by atoms with van der Waals surface area (Å²) in [5.74, 6) is -3.89. The minimum atomic E-state index is -1.58. The van der Waals surface area contributed by atoms with Crippen molar-refractivity contribution in [2.45, 2.75) is 12.5 Å². The van der Waals surface area contributed by atoms with Crippen LogP contribution in [0, 0.1) is 0 Å². The van der Waals surface area contributed by atoms with Crippen LogP contribution in [0.25, 0.3) is 0 Å². The number of carbonyl (C=O) groups excluding carboxylic acids is 1. The van der Waals surface area contributed by atoms with Gasteiger partial charge in [0.1, 0.15) is 11.1 Å². The highest BCUT2D eigenvalue weighted by atomic mass is 35.5. The topological polar surface area (TPSA) is 126 Å². The van der Waals surface area contributed by atoms with Crippen molar-refractivity contribution in [3.63, 3.8) is 0 Å². The van der Waals surface area contributed by atoms with Crippen LogP contribution in [0.5, 0.6) is 5.88 Å². The maximum atomic E-state index is 11.6. The zero-order valence-corrected chi connectivity index (χ0v) is 12.9. The van der Waals surface area contributed by atoms with E-state index < -0.39 is 36.9 Å². The predicted molar refractivity (Wildman–Crippen MR) is 76.6 cm³/mol. The molecule has 0 fully saturated rings. The number of carboxylic acid groups (broad SMARTS) is 2. The van der Waals surface area contributed by atoms with Gasteiger partial charge >= 0.3 is 11.9 Å². The highest BCUT2D eigenvalue weighted by Gasteiger charge is 2.23. The number of aromatic nitrogens is 1. The molecular weight excluding hydrogens is 362 g/mol. The molecule has 0 spiro atoms. The lowest BCUT2D eigenvalue weighted by molar-refractivity contribution is -0.147. The van der Waals surface area contributed by atoms with Crippen LogP contribution in [0.4, 0.5) is 0 Å². The Morgan fingerprint density at radius 1 is 1.23 bits per heavy atom. The third kappa shape index (κ3) is 5.55. The number of carbonyl (C=O) groups is 3. The number of nitrogens with zero attached hydrogens (tertiary/aromatic N) is 1. The van der Waals surface area contributed by atoms with E-state index >= 15 is 0 Å². The summed E-state index contributed by atoms with van der Waals surface area (Å²) in [6.45, 7) is -0.631. The molecule has 0 aliphatic rings. The van der Waals surface area contributed by atoms with Crippen molar-refractivity contribution >= 4 is 52.6 Å². The van der Waals surface area contributed by atoms with Gasteiger partial charge in [-0.3, -0.25) is 9.59 Å². The molecule has 22 heavy (non-hydrogen) atoms. The Kier molecular flexibility index (Phi) is 6.66. The highest BCUT2D eigenvalue weighted by Crippen LogP contribution is 2.30. The predicted octanol–water partition coefficient (Wildman–Crippen LogP) is 1.46. The quantitative estimate of drug-likeness (QED) is 0.619. The first-order chi connectivity index (χ1) is 10.2. The zero-order valence-electron chi connectivity index (χ0n) is 10.7. The molecule has 0 saturated heterocycles. The Morgan fingerprint density at radius 2 is 1.86 bits per heavy atom. The Morgan fingerprint density at radius 3 is 2.41 bits per heavy atom. The number of ether oxygens (including phenoxy) is 1. The molecule has 11 heteroatoms. The van der Waals surface area contributed by atoms with Crippen molar-refractivity contribution in [2.24, 2.45) is 0 Å². The largest absolute Gasteiger partial charge is 0.481 e. The number of nitrogens with one attached hydrogen (secondary N) is 1. The number of carboxylic acids is 2. The van der Waals surface area contributed by atoms with Crippen molar-refractivity contribution in [3.8, 4) is 5.88 Å². The molecule has 0 aliphatic heterocycles. The number of amides is 1. The van der Waals surface area contributed by atoms with Gasteiger partial charge in [-0.05, 0) is 6.07 Å². The minimum Gasteiger partial charge on any atom is -0.481 e. The second kappa shape index (κ2) is 8.02. The Balaban J connectivity index is 2.64. The van der Waals surface area contributed by atoms with E-state index in [1.165, 1.54) is 6.07 Å². The molecule has 1 aromatic heterocycles. The molecule has 1 unspecified atom stereocenters. The van der Waals surface area contributed by atoms with Gasteiger partial charge in [0.2, 0.25) is 5.88 Å². The summed E-state index contributed by atoms with van der Waals surface area (Å²) in [5, 5.41) is 19.3. The maximum Gasteiger partial charge on any atom is 0.326 e. The summed E-state index contributed by atoms with van der Waals surface area (Å²) >= 11 is 17.1. The van der Waals surface area contributed by atoms with E-state index in [1.807, 2.05) is 5.32 Å². The lowest BCUT2D eigenvalue weighted by Gasteiger charge is -2.13. The summed E-state index contributed by atoms with van der Waals surface area (Å²) in [6, 6.07) is -0.318. The molecule has 0 bridgehead atoms. The van der Waals surface area contributed by atoms with Crippen molar-refractivity contribution in [1.29, 1.82) is 0 Å². The van der Waals surface area contributed by atoms with Gasteiger partial charge in [-0.2, -0.15) is 4.98 Å². The number of halogens is 3. The molecule has 3 N–H and O–H groups in total. The van der Waals surface area contributed by atoms with Crippen LogP contribution >= 0.6 is 34.8 Å². The van der Waals surface area contributed by atoms with E-state index in [0.717, 1.165) is 0 Å². The van der Waals surface area contributed by atoms with Crippen LogP contribution in [0.2, 0.25) is 15.2 Å². The zero-order chi connectivity index (χ0) is 16.9. The first-order valence-electron chi connectivity index (χ1n) is 5.59. The van der Waals surface area contributed by atoms with Crippen LogP contribution in [-0.2, 0) is 14.4 Å². The van der Waals surface area contributed by atoms with Crippen LogP contribution in [0.1, 0.15) is 6.42 Å². The summed E-state index contributed by atoms with van der Waals surface area (Å²) in [6.07, 6.45) is -0.771. The van der Waals surface area contributed by atoms with E-state index in [2.05, 4.69) is 4.98 Å². The van der Waals surface area contributed by atoms with Crippen LogP contribution in [-0.4, -0.2) is 45.7 Å². The van der Waals surface area contributed by atoms with Crippen molar-refractivity contribution in [3.05, 3.63) is 21.3 Å². The third-order valence-corrected chi connectivity index (χ3v) is 3.15. The number of hydrogen-bond donors (Lipinski definition) is 3. The fourth-order valence-electron chi connectivity index (χ4n) is 1.27. The average molecular weight is 372 g/mol. The molecule has 1 atom stereocenters. The Bertz CT molecular complexity index is 610. The summed E-state index contributed by atoms with van der Waals surface area (Å²) in [5.41, 5.74) is 0. The van der Waals surface area contributed by atoms with E-state index in [-0.39, 0.29) is 21.1 Å².